The molecule has 0 saturated carbocycles. The number of pyridine rings is 1. The number of halogens is 3. The maximum absolute atomic E-state index is 17.0. The van der Waals surface area contributed by atoms with Gasteiger partial charge in [-0.3, -0.25) is 14.9 Å². The molecule has 0 bridgehead atoms. The molecule has 3 fully saturated rings. The number of fused-ring (bicyclic) bond motifs is 3. The van der Waals surface area contributed by atoms with E-state index < -0.39 is 23.3 Å². The van der Waals surface area contributed by atoms with E-state index in [1.54, 1.807) is 18.2 Å². The molecular formula is C35H37F3N6O3. The molecule has 2 aromatic carbocycles. The first-order valence-corrected chi connectivity index (χ1v) is 16.0. The lowest BCUT2D eigenvalue weighted by molar-refractivity contribution is 0.0512. The van der Waals surface area contributed by atoms with E-state index in [9.17, 15) is 4.39 Å². The SMILES string of the molecule is C#Cc1c(F)ccc2cc(OCOC)cc(-c3ncc4c(N5CCCCCN5C)nc(OC[C@@]56CCCN5C[C@H](F)C6)nc4c3F)c12. The van der Waals surface area contributed by atoms with Gasteiger partial charge in [-0.25, -0.2) is 18.2 Å². The highest BCUT2D eigenvalue weighted by Crippen LogP contribution is 2.42. The number of hydrogen-bond acceptors (Lipinski definition) is 9. The van der Waals surface area contributed by atoms with Gasteiger partial charge < -0.3 is 14.2 Å². The molecule has 0 N–H and O–H groups in total. The summed E-state index contributed by atoms with van der Waals surface area (Å²) in [7, 11) is 3.46. The number of aromatic nitrogens is 3. The van der Waals surface area contributed by atoms with Gasteiger partial charge in [0.05, 0.1) is 16.5 Å². The zero-order chi connectivity index (χ0) is 32.7. The van der Waals surface area contributed by atoms with Crippen LogP contribution in [0.15, 0.2) is 30.5 Å². The highest BCUT2D eigenvalue weighted by atomic mass is 19.1. The lowest BCUT2D eigenvalue weighted by Crippen LogP contribution is -2.43. The van der Waals surface area contributed by atoms with Crippen LogP contribution in [0.5, 0.6) is 11.8 Å². The third-order valence-corrected chi connectivity index (χ3v) is 9.67. The number of hydrogen-bond donors (Lipinski definition) is 0. The molecule has 0 aliphatic carbocycles. The fourth-order valence-electron chi connectivity index (χ4n) is 7.41. The van der Waals surface area contributed by atoms with E-state index >= 15 is 8.78 Å². The Morgan fingerprint density at radius 3 is 2.74 bits per heavy atom. The molecule has 3 aliphatic heterocycles. The summed E-state index contributed by atoms with van der Waals surface area (Å²) in [6.07, 6.45) is 11.5. The number of ether oxygens (including phenoxy) is 3. The molecule has 246 valence electrons. The summed E-state index contributed by atoms with van der Waals surface area (Å²) < 4.78 is 63.6. The summed E-state index contributed by atoms with van der Waals surface area (Å²) in [5, 5.41) is 5.35. The van der Waals surface area contributed by atoms with Crippen LogP contribution < -0.4 is 14.5 Å². The molecule has 9 nitrogen and oxygen atoms in total. The minimum absolute atomic E-state index is 0.00163. The lowest BCUT2D eigenvalue weighted by atomic mass is 9.95. The van der Waals surface area contributed by atoms with Crippen molar-refractivity contribution in [3.63, 3.8) is 0 Å². The molecule has 3 aliphatic rings. The quantitative estimate of drug-likeness (QED) is 0.172. The summed E-state index contributed by atoms with van der Waals surface area (Å²) in [5.41, 5.74) is -0.285. The Bertz CT molecular complexity index is 1870. The van der Waals surface area contributed by atoms with Crippen LogP contribution in [-0.4, -0.2) is 90.3 Å². The van der Waals surface area contributed by atoms with Crippen LogP contribution in [-0.2, 0) is 4.74 Å². The summed E-state index contributed by atoms with van der Waals surface area (Å²) in [6, 6.07) is 6.10. The topological polar surface area (TPSA) is 76.1 Å². The van der Waals surface area contributed by atoms with E-state index in [-0.39, 0.29) is 41.7 Å². The first-order valence-electron chi connectivity index (χ1n) is 16.0. The first kappa shape index (κ1) is 31.4. The minimum Gasteiger partial charge on any atom is -0.468 e. The van der Waals surface area contributed by atoms with Gasteiger partial charge in [0.1, 0.15) is 35.6 Å². The van der Waals surface area contributed by atoms with Crippen LogP contribution in [0.2, 0.25) is 0 Å². The highest BCUT2D eigenvalue weighted by Gasteiger charge is 2.49. The monoisotopic (exact) mass is 646 g/mol. The number of anilines is 1. The molecule has 0 spiro atoms. The van der Waals surface area contributed by atoms with Crippen LogP contribution in [0.25, 0.3) is 32.9 Å². The smallest absolute Gasteiger partial charge is 0.319 e. The second-order valence-corrected chi connectivity index (χ2v) is 12.6. The van der Waals surface area contributed by atoms with Crippen LogP contribution in [0.3, 0.4) is 0 Å². The average Bonchev–Trinajstić information content (AvgIpc) is 3.50. The number of terminal acetylenes is 1. The first-order chi connectivity index (χ1) is 22.8. The zero-order valence-corrected chi connectivity index (χ0v) is 26.6. The van der Waals surface area contributed by atoms with Gasteiger partial charge in [-0.1, -0.05) is 18.4 Å². The standard InChI is InChI=1S/C35H37F3N6O3/c1-4-25-28(37)10-9-22-15-24(47-21-45-3)16-26(29(22)25)31-30(38)32-27(18-39-31)33(44-14-7-5-6-12-42(44)2)41-34(40-32)46-20-35-11-8-13-43(35)19-23(36)17-35/h1,9-10,15-16,18,23H,5-8,11-14,17,19-21H2,2-3H3/t23-,35+/m1/s1. The van der Waals surface area contributed by atoms with Crippen molar-refractivity contribution >= 4 is 27.5 Å². The maximum Gasteiger partial charge on any atom is 0.319 e. The number of hydrazine groups is 1. The Kier molecular flexibility index (Phi) is 8.55. The van der Waals surface area contributed by atoms with E-state index in [1.807, 2.05) is 12.1 Å². The Morgan fingerprint density at radius 1 is 1.06 bits per heavy atom. The lowest BCUT2D eigenvalue weighted by Gasteiger charge is -2.33. The van der Waals surface area contributed by atoms with E-state index in [4.69, 9.17) is 25.6 Å². The molecular weight excluding hydrogens is 609 g/mol. The summed E-state index contributed by atoms with van der Waals surface area (Å²) in [5.74, 6) is 1.91. The Balaban J connectivity index is 1.40. The second kappa shape index (κ2) is 12.8. The van der Waals surface area contributed by atoms with Crippen molar-refractivity contribution < 1.29 is 27.4 Å². The van der Waals surface area contributed by atoms with E-state index in [2.05, 4.69) is 25.8 Å². The molecule has 5 heterocycles. The third-order valence-electron chi connectivity index (χ3n) is 9.67. The molecule has 2 aromatic heterocycles. The number of methoxy groups -OCH3 is 1. The zero-order valence-electron chi connectivity index (χ0n) is 26.6. The summed E-state index contributed by atoms with van der Waals surface area (Å²) >= 11 is 0. The molecule has 2 atom stereocenters. The van der Waals surface area contributed by atoms with Gasteiger partial charge in [-0.05, 0) is 55.8 Å². The highest BCUT2D eigenvalue weighted by molar-refractivity contribution is 6.03. The van der Waals surface area contributed by atoms with Gasteiger partial charge in [-0.2, -0.15) is 9.97 Å². The molecule has 0 amide bonds. The second-order valence-electron chi connectivity index (χ2n) is 12.6. The predicted molar refractivity (Wildman–Crippen MR) is 173 cm³/mol. The molecule has 12 heteroatoms. The Hall–Kier alpha value is -4.18. The van der Waals surface area contributed by atoms with Gasteiger partial charge in [0.15, 0.2) is 18.4 Å². The maximum atomic E-state index is 17.0. The average molecular weight is 647 g/mol. The van der Waals surface area contributed by atoms with Gasteiger partial charge in [0.2, 0.25) is 0 Å². The number of alkyl halides is 1. The van der Waals surface area contributed by atoms with Gasteiger partial charge in [0, 0.05) is 57.4 Å². The number of benzene rings is 2. The number of nitrogens with zero attached hydrogens (tertiary/aromatic N) is 6. The van der Waals surface area contributed by atoms with E-state index in [0.717, 1.165) is 45.2 Å². The molecule has 7 rings (SSSR count). The van der Waals surface area contributed by atoms with Crippen LogP contribution >= 0.6 is 0 Å². The van der Waals surface area contributed by atoms with Gasteiger partial charge >= 0.3 is 6.01 Å². The van der Waals surface area contributed by atoms with E-state index in [0.29, 0.717) is 47.2 Å². The fourth-order valence-corrected chi connectivity index (χ4v) is 7.41. The molecule has 3 saturated heterocycles. The summed E-state index contributed by atoms with van der Waals surface area (Å²) in [4.78, 5) is 16.1. The normalized spacial score (nSPS) is 22.0. The van der Waals surface area contributed by atoms with Crippen molar-refractivity contribution in [3.05, 3.63) is 47.7 Å². The van der Waals surface area contributed by atoms with Crippen LogP contribution in [0.4, 0.5) is 19.0 Å². The molecule has 4 aromatic rings. The fraction of sp³-hybridized carbons (Fsp3) is 0.457. The van der Waals surface area contributed by atoms with Crippen molar-refractivity contribution in [2.45, 2.75) is 50.2 Å². The minimum atomic E-state index is -0.917. The van der Waals surface area contributed by atoms with Crippen molar-refractivity contribution in [2.75, 3.05) is 58.7 Å². The van der Waals surface area contributed by atoms with Crippen molar-refractivity contribution in [1.29, 1.82) is 0 Å². The van der Waals surface area contributed by atoms with E-state index in [1.165, 1.54) is 19.4 Å². The van der Waals surface area contributed by atoms with Crippen molar-refractivity contribution in [3.8, 4) is 35.4 Å². The van der Waals surface area contributed by atoms with Crippen molar-refractivity contribution in [1.82, 2.24) is 24.9 Å². The third kappa shape index (κ3) is 5.70. The molecule has 0 radical (unpaired) electrons. The molecule has 0 unspecified atom stereocenters. The number of rotatable bonds is 8. The van der Waals surface area contributed by atoms with Crippen LogP contribution in [0, 0.1) is 24.0 Å². The predicted octanol–water partition coefficient (Wildman–Crippen LogP) is 5.88. The largest absolute Gasteiger partial charge is 0.468 e. The summed E-state index contributed by atoms with van der Waals surface area (Å²) in [6.45, 7) is 2.81. The van der Waals surface area contributed by atoms with Crippen molar-refractivity contribution in [2.24, 2.45) is 0 Å². The van der Waals surface area contributed by atoms with Gasteiger partial charge in [-0.15, -0.1) is 6.42 Å². The van der Waals surface area contributed by atoms with Crippen LogP contribution in [0.1, 0.15) is 44.1 Å². The molecule has 47 heavy (non-hydrogen) atoms. The Labute approximate surface area is 271 Å². The van der Waals surface area contributed by atoms with Gasteiger partial charge in [0.25, 0.3) is 0 Å². The Morgan fingerprint density at radius 2 is 1.91 bits per heavy atom.